The molecule has 138 valence electrons. The van der Waals surface area contributed by atoms with Gasteiger partial charge in [-0.15, -0.1) is 22.7 Å². The maximum atomic E-state index is 5.55. The fourth-order valence-corrected chi connectivity index (χ4v) is 4.04. The van der Waals surface area contributed by atoms with Crippen LogP contribution >= 0.6 is 22.7 Å². The van der Waals surface area contributed by atoms with Gasteiger partial charge < -0.3 is 15.1 Å². The largest absolute Gasteiger partial charge is 0.443 e. The summed E-state index contributed by atoms with van der Waals surface area (Å²) in [5.74, 6) is 2.01. The molecule has 0 bridgehead atoms. The molecule has 5 nitrogen and oxygen atoms in total. The highest BCUT2D eigenvalue weighted by atomic mass is 32.1. The number of nitrogens with one attached hydrogen (secondary N) is 2. The second-order valence-electron chi connectivity index (χ2n) is 6.09. The van der Waals surface area contributed by atoms with Crippen molar-refractivity contribution in [2.75, 3.05) is 13.1 Å². The van der Waals surface area contributed by atoms with E-state index in [9.17, 15) is 0 Å². The predicted octanol–water partition coefficient (Wildman–Crippen LogP) is 4.40. The van der Waals surface area contributed by atoms with Crippen LogP contribution in [0.15, 0.2) is 50.7 Å². The number of aromatic nitrogens is 1. The van der Waals surface area contributed by atoms with Crippen molar-refractivity contribution in [3.05, 3.63) is 51.9 Å². The van der Waals surface area contributed by atoms with Gasteiger partial charge in [0.05, 0.1) is 11.4 Å². The fourth-order valence-electron chi connectivity index (χ4n) is 2.51. The van der Waals surface area contributed by atoms with E-state index in [4.69, 9.17) is 4.42 Å². The van der Waals surface area contributed by atoms with Crippen LogP contribution in [0.2, 0.25) is 0 Å². The van der Waals surface area contributed by atoms with E-state index in [1.807, 2.05) is 28.8 Å². The molecule has 1 unspecified atom stereocenters. The molecule has 0 aliphatic rings. The normalized spacial score (nSPS) is 12.9. The van der Waals surface area contributed by atoms with Crippen LogP contribution in [0, 0.1) is 5.92 Å². The maximum Gasteiger partial charge on any atom is 0.236 e. The molecule has 0 aliphatic carbocycles. The van der Waals surface area contributed by atoms with Crippen molar-refractivity contribution in [1.29, 1.82) is 0 Å². The first-order chi connectivity index (χ1) is 12.7. The molecule has 1 atom stereocenters. The summed E-state index contributed by atoms with van der Waals surface area (Å²) >= 11 is 3.43. The molecule has 0 aliphatic heterocycles. The van der Waals surface area contributed by atoms with Gasteiger partial charge in [-0.25, -0.2) is 9.98 Å². The zero-order chi connectivity index (χ0) is 18.2. The third-order valence-corrected chi connectivity index (χ3v) is 5.53. The van der Waals surface area contributed by atoms with Crippen molar-refractivity contribution in [3.8, 4) is 10.8 Å². The lowest BCUT2D eigenvalue weighted by molar-refractivity contribution is 0.561. The Morgan fingerprint density at radius 1 is 1.23 bits per heavy atom. The van der Waals surface area contributed by atoms with Crippen molar-refractivity contribution >= 4 is 28.6 Å². The molecular formula is C19H24N4OS2. The molecule has 3 aromatic rings. The molecule has 0 saturated carbocycles. The number of guanidine groups is 1. The van der Waals surface area contributed by atoms with E-state index in [-0.39, 0.29) is 0 Å². The number of hydrogen-bond acceptors (Lipinski definition) is 5. The summed E-state index contributed by atoms with van der Waals surface area (Å²) in [6.07, 6.45) is 2.76. The monoisotopic (exact) mass is 388 g/mol. The van der Waals surface area contributed by atoms with E-state index in [1.54, 1.807) is 17.6 Å². The van der Waals surface area contributed by atoms with Crippen molar-refractivity contribution in [2.24, 2.45) is 10.9 Å². The summed E-state index contributed by atoms with van der Waals surface area (Å²) in [5, 5.41) is 10.9. The molecule has 0 amide bonds. The van der Waals surface area contributed by atoms with E-state index < -0.39 is 0 Å². The smallest absolute Gasteiger partial charge is 0.236 e. The highest BCUT2D eigenvalue weighted by molar-refractivity contribution is 7.13. The van der Waals surface area contributed by atoms with E-state index in [2.05, 4.69) is 52.0 Å². The number of nitrogens with zero attached hydrogens (tertiary/aromatic N) is 2. The van der Waals surface area contributed by atoms with Crippen molar-refractivity contribution in [3.63, 3.8) is 0 Å². The van der Waals surface area contributed by atoms with Gasteiger partial charge >= 0.3 is 0 Å². The lowest BCUT2D eigenvalue weighted by Crippen LogP contribution is -2.39. The van der Waals surface area contributed by atoms with Gasteiger partial charge in [-0.1, -0.05) is 19.1 Å². The number of aliphatic imine (C=N–C) groups is 1. The SMILES string of the molecule is CCNC(=NCc1coc(-c2cccs2)n1)NCC(C)Cc1cccs1. The van der Waals surface area contributed by atoms with Gasteiger partial charge in [0.1, 0.15) is 12.0 Å². The van der Waals surface area contributed by atoms with E-state index in [0.29, 0.717) is 18.4 Å². The summed E-state index contributed by atoms with van der Waals surface area (Å²) in [7, 11) is 0. The van der Waals surface area contributed by atoms with Crippen LogP contribution < -0.4 is 10.6 Å². The highest BCUT2D eigenvalue weighted by Gasteiger charge is 2.09. The molecule has 3 heterocycles. The zero-order valence-corrected chi connectivity index (χ0v) is 16.7. The summed E-state index contributed by atoms with van der Waals surface area (Å²) < 4.78 is 5.55. The first-order valence-corrected chi connectivity index (χ1v) is 10.5. The minimum Gasteiger partial charge on any atom is -0.443 e. The first kappa shape index (κ1) is 18.7. The molecule has 0 aromatic carbocycles. The second-order valence-corrected chi connectivity index (χ2v) is 8.07. The topological polar surface area (TPSA) is 62.5 Å². The molecule has 7 heteroatoms. The first-order valence-electron chi connectivity index (χ1n) is 8.77. The lowest BCUT2D eigenvalue weighted by atomic mass is 10.1. The molecule has 0 radical (unpaired) electrons. The zero-order valence-electron chi connectivity index (χ0n) is 15.1. The predicted molar refractivity (Wildman–Crippen MR) is 110 cm³/mol. The van der Waals surface area contributed by atoms with Gasteiger partial charge in [0, 0.05) is 18.0 Å². The third-order valence-electron chi connectivity index (χ3n) is 3.77. The van der Waals surface area contributed by atoms with Crippen LogP contribution in [-0.2, 0) is 13.0 Å². The number of rotatable bonds is 8. The minimum absolute atomic E-state index is 0.490. The molecule has 3 aromatic heterocycles. The van der Waals surface area contributed by atoms with Crippen LogP contribution in [0.1, 0.15) is 24.4 Å². The molecule has 0 fully saturated rings. The molecule has 3 rings (SSSR count). The van der Waals surface area contributed by atoms with Crippen LogP contribution in [-0.4, -0.2) is 24.0 Å². The van der Waals surface area contributed by atoms with Gasteiger partial charge in [0.15, 0.2) is 5.96 Å². The minimum atomic E-state index is 0.490. The molecule has 26 heavy (non-hydrogen) atoms. The van der Waals surface area contributed by atoms with Crippen LogP contribution in [0.3, 0.4) is 0 Å². The molecule has 2 N–H and O–H groups in total. The standard InChI is InChI=1S/C19H24N4OS2/c1-3-20-19(21-11-14(2)10-16-6-4-8-25-16)22-12-15-13-24-18(23-15)17-7-5-9-26-17/h4-9,13-14H,3,10-12H2,1-2H3,(H2,20,21,22). The summed E-state index contributed by atoms with van der Waals surface area (Å²) in [6, 6.07) is 8.29. The Labute approximate surface area is 162 Å². The van der Waals surface area contributed by atoms with Crippen LogP contribution in [0.4, 0.5) is 0 Å². The van der Waals surface area contributed by atoms with Crippen LogP contribution in [0.5, 0.6) is 0 Å². The van der Waals surface area contributed by atoms with Gasteiger partial charge in [-0.3, -0.25) is 0 Å². The van der Waals surface area contributed by atoms with Crippen LogP contribution in [0.25, 0.3) is 10.8 Å². The van der Waals surface area contributed by atoms with Gasteiger partial charge in [0.2, 0.25) is 5.89 Å². The summed E-state index contributed by atoms with van der Waals surface area (Å²) in [4.78, 5) is 11.6. The third kappa shape index (κ3) is 5.44. The van der Waals surface area contributed by atoms with E-state index in [1.165, 1.54) is 4.88 Å². The Morgan fingerprint density at radius 3 is 2.81 bits per heavy atom. The van der Waals surface area contributed by atoms with Gasteiger partial charge in [0.25, 0.3) is 0 Å². The quantitative estimate of drug-likeness (QED) is 0.443. The molecular weight excluding hydrogens is 364 g/mol. The van der Waals surface area contributed by atoms with Gasteiger partial charge in [-0.05, 0) is 42.2 Å². The summed E-state index contributed by atoms with van der Waals surface area (Å²) in [6.45, 7) is 6.51. The maximum absolute atomic E-state index is 5.55. The van der Waals surface area contributed by atoms with Crippen molar-refractivity contribution in [1.82, 2.24) is 15.6 Å². The van der Waals surface area contributed by atoms with E-state index in [0.717, 1.165) is 36.0 Å². The highest BCUT2D eigenvalue weighted by Crippen LogP contribution is 2.23. The Hall–Kier alpha value is -2.12. The van der Waals surface area contributed by atoms with E-state index >= 15 is 0 Å². The second kappa shape index (κ2) is 9.54. The summed E-state index contributed by atoms with van der Waals surface area (Å²) in [5.41, 5.74) is 0.831. The Balaban J connectivity index is 1.53. The number of hydrogen-bond donors (Lipinski definition) is 2. The van der Waals surface area contributed by atoms with Gasteiger partial charge in [-0.2, -0.15) is 0 Å². The Kier molecular flexibility index (Phi) is 6.85. The average Bonchev–Trinajstić information content (AvgIpc) is 3.39. The van der Waals surface area contributed by atoms with Crippen molar-refractivity contribution in [2.45, 2.75) is 26.8 Å². The Bertz CT molecular complexity index is 794. The average molecular weight is 389 g/mol. The fraction of sp³-hybridized carbons (Fsp3) is 0.368. The molecule has 0 saturated heterocycles. The van der Waals surface area contributed by atoms with Crippen molar-refractivity contribution < 1.29 is 4.42 Å². The molecule has 0 spiro atoms. The lowest BCUT2D eigenvalue weighted by Gasteiger charge is -2.15. The Morgan fingerprint density at radius 2 is 2.08 bits per heavy atom. The number of oxazole rings is 1. The number of thiophene rings is 2.